The number of unbranched alkanes of at least 4 members (excludes halogenated alkanes) is 1. The van der Waals surface area contributed by atoms with Gasteiger partial charge in [0.15, 0.2) is 17.5 Å². The first-order chi connectivity index (χ1) is 33.1. The predicted octanol–water partition coefficient (Wildman–Crippen LogP) is 6.24. The molecule has 70 heavy (non-hydrogen) atoms. The van der Waals surface area contributed by atoms with Crippen LogP contribution in [-0.2, 0) is 52.4 Å². The smallest absolute Gasteiger partial charge is 0.350 e. The van der Waals surface area contributed by atoms with Gasteiger partial charge in [-0.05, 0) is 61.2 Å². The van der Waals surface area contributed by atoms with Crippen LogP contribution in [0.1, 0.15) is 113 Å². The van der Waals surface area contributed by atoms with Gasteiger partial charge < -0.3 is 44.0 Å². The van der Waals surface area contributed by atoms with E-state index in [-0.39, 0.29) is 35.3 Å². The second kappa shape index (κ2) is 20.5. The molecule has 1 amide bonds. The van der Waals surface area contributed by atoms with Gasteiger partial charge in [0.2, 0.25) is 6.10 Å². The number of rotatable bonds is 15. The summed E-state index contributed by atoms with van der Waals surface area (Å²) in [4.78, 5) is 98.8. The standard InChI is InChI=1S/C53H60BrNO15/c1-8-9-25-35(54)48(62)68-42(40(32-19-13-10-14-20-32)55-46(60)33-21-15-11-16-22-33)49(63)67-36-27-53(64)45(69-47(61)34-23-17-12-18-24-34)43-51(7,37(58)26-38-52(43,28-65-38)70-31(4)57)44(59)41(66-30(3)56)39(29(36)2)50(53,5)6/h10-24,35-38,40-43,45,58,64H,8-9,25-28H2,1-7H3,(H,55,60)/t35?,36-,37-,38+,40-,41+,42+,43-,45-,51+,52-,53+/m0/s1. The molecule has 0 aromatic heterocycles. The molecule has 16 nitrogen and oxygen atoms in total. The molecule has 3 fully saturated rings. The van der Waals surface area contributed by atoms with E-state index < -0.39 is 123 Å². The van der Waals surface area contributed by atoms with Gasteiger partial charge in [-0.25, -0.2) is 9.59 Å². The minimum Gasteiger partial charge on any atom is -0.455 e. The number of ether oxygens (including phenoxy) is 6. The molecule has 2 saturated carbocycles. The van der Waals surface area contributed by atoms with E-state index in [9.17, 15) is 34.2 Å². The Kier molecular flexibility index (Phi) is 15.3. The Morgan fingerprint density at radius 2 is 1.44 bits per heavy atom. The van der Waals surface area contributed by atoms with Gasteiger partial charge in [-0.3, -0.25) is 24.0 Å². The number of aliphatic hydroxyl groups is 2. The average molecular weight is 1030 g/mol. The van der Waals surface area contributed by atoms with Crippen LogP contribution < -0.4 is 5.32 Å². The maximum atomic E-state index is 15.7. The highest BCUT2D eigenvalue weighted by Gasteiger charge is 2.78. The van der Waals surface area contributed by atoms with Crippen molar-refractivity contribution in [2.45, 2.75) is 139 Å². The van der Waals surface area contributed by atoms with Gasteiger partial charge in [-0.15, -0.1) is 0 Å². The highest BCUT2D eigenvalue weighted by Crippen LogP contribution is 2.64. The molecule has 3 aromatic rings. The molecule has 12 atom stereocenters. The number of alkyl halides is 1. The van der Waals surface area contributed by atoms with Gasteiger partial charge in [0, 0.05) is 37.7 Å². The third-order valence-electron chi connectivity index (χ3n) is 14.8. The molecule has 17 heteroatoms. The zero-order chi connectivity index (χ0) is 50.9. The summed E-state index contributed by atoms with van der Waals surface area (Å²) >= 11 is 3.41. The Labute approximate surface area is 414 Å². The second-order valence-corrected chi connectivity index (χ2v) is 20.5. The largest absolute Gasteiger partial charge is 0.455 e. The molecular weight excluding hydrogens is 970 g/mol. The molecule has 1 saturated heterocycles. The number of carbonyl (C=O) groups is 7. The number of hydrogen-bond acceptors (Lipinski definition) is 15. The summed E-state index contributed by atoms with van der Waals surface area (Å²) in [6, 6.07) is 23.0. The Bertz CT molecular complexity index is 2520. The molecule has 3 aliphatic carbocycles. The van der Waals surface area contributed by atoms with Crippen LogP contribution in [0.15, 0.2) is 102 Å². The fourth-order valence-electron chi connectivity index (χ4n) is 11.0. The third kappa shape index (κ3) is 9.44. The third-order valence-corrected chi connectivity index (χ3v) is 15.6. The normalized spacial score (nSPS) is 29.9. The molecule has 2 bridgehead atoms. The lowest BCUT2D eigenvalue weighted by Crippen LogP contribution is -2.82. The van der Waals surface area contributed by atoms with E-state index in [2.05, 4.69) is 21.2 Å². The number of fused-ring (bicyclic) bond motifs is 5. The van der Waals surface area contributed by atoms with Crippen molar-refractivity contribution >= 4 is 57.5 Å². The molecule has 0 spiro atoms. The first-order valence-electron chi connectivity index (χ1n) is 23.5. The van der Waals surface area contributed by atoms with Gasteiger partial charge in [0.05, 0.1) is 29.6 Å². The number of benzene rings is 3. The molecule has 1 heterocycles. The fraction of sp³-hybridized carbons (Fsp3) is 0.491. The zero-order valence-corrected chi connectivity index (χ0v) is 41.8. The summed E-state index contributed by atoms with van der Waals surface area (Å²) in [5.74, 6) is -7.72. The summed E-state index contributed by atoms with van der Waals surface area (Å²) in [6.07, 6.45) is -8.87. The lowest BCUT2D eigenvalue weighted by Gasteiger charge is -2.67. The summed E-state index contributed by atoms with van der Waals surface area (Å²) in [7, 11) is 0. The van der Waals surface area contributed by atoms with Gasteiger partial charge in [-0.1, -0.05) is 116 Å². The number of nitrogens with one attached hydrogen (secondary N) is 1. The van der Waals surface area contributed by atoms with Crippen molar-refractivity contribution in [2.24, 2.45) is 16.7 Å². The minimum absolute atomic E-state index is 0.0222. The lowest BCUT2D eigenvalue weighted by atomic mass is 9.44. The molecule has 0 radical (unpaired) electrons. The van der Waals surface area contributed by atoms with Crippen LogP contribution in [0, 0.1) is 16.7 Å². The summed E-state index contributed by atoms with van der Waals surface area (Å²) in [6.45, 7) is 9.91. The van der Waals surface area contributed by atoms with Crippen LogP contribution >= 0.6 is 15.9 Å². The van der Waals surface area contributed by atoms with Crippen LogP contribution in [0.5, 0.6) is 0 Å². The number of carbonyl (C=O) groups excluding carboxylic acids is 7. The fourth-order valence-corrected chi connectivity index (χ4v) is 11.4. The van der Waals surface area contributed by atoms with E-state index in [0.29, 0.717) is 18.4 Å². The highest BCUT2D eigenvalue weighted by molar-refractivity contribution is 9.10. The number of ketones is 1. The van der Waals surface area contributed by atoms with Crippen molar-refractivity contribution in [3.63, 3.8) is 0 Å². The predicted molar refractivity (Wildman–Crippen MR) is 254 cm³/mol. The second-order valence-electron chi connectivity index (χ2n) is 19.4. The van der Waals surface area contributed by atoms with E-state index >= 15 is 9.59 Å². The minimum atomic E-state index is -2.44. The zero-order valence-electron chi connectivity index (χ0n) is 40.2. The Morgan fingerprint density at radius 1 is 0.843 bits per heavy atom. The number of Topliss-reactive ketones (excluding diaryl/α,β-unsaturated/α-hetero) is 1. The van der Waals surface area contributed by atoms with E-state index in [0.717, 1.165) is 20.3 Å². The summed E-state index contributed by atoms with van der Waals surface area (Å²) in [5, 5.41) is 29.0. The number of hydrogen-bond donors (Lipinski definition) is 3. The molecule has 374 valence electrons. The molecule has 3 aromatic carbocycles. The molecule has 3 N–H and O–H groups in total. The highest BCUT2D eigenvalue weighted by atomic mass is 79.9. The van der Waals surface area contributed by atoms with Crippen molar-refractivity contribution in [3.8, 4) is 0 Å². The van der Waals surface area contributed by atoms with Crippen LogP contribution in [0.4, 0.5) is 0 Å². The van der Waals surface area contributed by atoms with E-state index in [1.807, 2.05) is 6.92 Å². The van der Waals surface area contributed by atoms with Crippen molar-refractivity contribution in [1.82, 2.24) is 5.32 Å². The SMILES string of the molecule is CCCCC(Br)C(=O)O[C@@H](C(=O)O[C@H]1C[C@@]2(O)[C@@H](OC(=O)c3ccccc3)[C@@H]3[C@]4(OC(C)=O)CO[C@@H]4C[C@H](O)[C@@]3(C)C(=O)[C@H](OC(C)=O)C(=C1C)C2(C)C)[C@@H](NC(=O)c1ccccc1)c1ccccc1. The first-order valence-corrected chi connectivity index (χ1v) is 24.4. The molecule has 1 aliphatic heterocycles. The Hall–Kier alpha value is -5.75. The number of halogens is 1. The van der Waals surface area contributed by atoms with Crippen molar-refractivity contribution in [1.29, 1.82) is 0 Å². The maximum Gasteiger partial charge on any atom is 0.350 e. The van der Waals surface area contributed by atoms with Crippen molar-refractivity contribution in [3.05, 3.63) is 119 Å². The van der Waals surface area contributed by atoms with Crippen LogP contribution in [0.25, 0.3) is 0 Å². The van der Waals surface area contributed by atoms with Crippen molar-refractivity contribution < 1.29 is 72.2 Å². The Balaban J connectivity index is 1.42. The number of amides is 1. The maximum absolute atomic E-state index is 15.7. The average Bonchev–Trinajstić information content (AvgIpc) is 3.33. The number of aliphatic hydroxyl groups excluding tert-OH is 1. The van der Waals surface area contributed by atoms with E-state index in [1.165, 1.54) is 26.0 Å². The molecule has 7 rings (SSSR count). The van der Waals surface area contributed by atoms with Crippen LogP contribution in [-0.4, -0.2) is 111 Å². The van der Waals surface area contributed by atoms with Crippen LogP contribution in [0.3, 0.4) is 0 Å². The summed E-state index contributed by atoms with van der Waals surface area (Å²) in [5.41, 5.74) is -7.26. The molecule has 4 aliphatic rings. The summed E-state index contributed by atoms with van der Waals surface area (Å²) < 4.78 is 36.9. The van der Waals surface area contributed by atoms with Gasteiger partial charge in [-0.2, -0.15) is 0 Å². The topological polar surface area (TPSA) is 227 Å². The molecule has 1 unspecified atom stereocenters. The van der Waals surface area contributed by atoms with E-state index in [1.54, 1.807) is 92.7 Å². The van der Waals surface area contributed by atoms with Gasteiger partial charge in [0.25, 0.3) is 5.91 Å². The lowest BCUT2D eigenvalue weighted by molar-refractivity contribution is -0.346. The van der Waals surface area contributed by atoms with Gasteiger partial charge >= 0.3 is 29.8 Å². The monoisotopic (exact) mass is 1030 g/mol. The first kappa shape index (κ1) is 52.1. The number of esters is 5. The van der Waals surface area contributed by atoms with Gasteiger partial charge in [0.1, 0.15) is 34.8 Å². The van der Waals surface area contributed by atoms with Crippen molar-refractivity contribution in [2.75, 3.05) is 6.61 Å². The van der Waals surface area contributed by atoms with Crippen LogP contribution in [0.2, 0.25) is 0 Å². The quantitative estimate of drug-likeness (QED) is 0.0663. The molecular formula is C53H60BrNO15. The van der Waals surface area contributed by atoms with E-state index in [4.69, 9.17) is 28.4 Å². The Morgan fingerprint density at radius 3 is 2.00 bits per heavy atom.